The minimum Gasteiger partial charge on any atom is -0.484 e. The molecule has 114 valence electrons. The van der Waals surface area contributed by atoms with Gasteiger partial charge in [-0.2, -0.15) is 0 Å². The molecule has 3 rings (SSSR count). The van der Waals surface area contributed by atoms with Crippen molar-refractivity contribution in [2.24, 2.45) is 0 Å². The summed E-state index contributed by atoms with van der Waals surface area (Å²) in [4.78, 5) is 14.0. The number of ether oxygens (including phenoxy) is 1. The number of aromatic amines is 1. The van der Waals surface area contributed by atoms with Gasteiger partial charge < -0.3 is 19.6 Å². The summed E-state index contributed by atoms with van der Waals surface area (Å²) in [7, 11) is 0. The van der Waals surface area contributed by atoms with E-state index in [1.54, 1.807) is 18.2 Å². The van der Waals surface area contributed by atoms with Crippen LogP contribution in [0.5, 0.6) is 5.75 Å². The zero-order valence-corrected chi connectivity index (χ0v) is 11.9. The highest BCUT2D eigenvalue weighted by molar-refractivity contribution is 5.82. The second kappa shape index (κ2) is 5.88. The maximum atomic E-state index is 14.0. The number of aromatic nitrogens is 2. The highest BCUT2D eigenvalue weighted by atomic mass is 19.1. The van der Waals surface area contributed by atoms with Crippen LogP contribution in [0.25, 0.3) is 10.9 Å². The Morgan fingerprint density at radius 1 is 1.45 bits per heavy atom. The Bertz CT molecular complexity index is 796. The first-order valence-corrected chi connectivity index (χ1v) is 6.69. The van der Waals surface area contributed by atoms with Crippen LogP contribution < -0.4 is 10.1 Å². The maximum absolute atomic E-state index is 14.0. The molecule has 22 heavy (non-hydrogen) atoms. The van der Waals surface area contributed by atoms with E-state index in [1.807, 2.05) is 0 Å². The van der Waals surface area contributed by atoms with Crippen LogP contribution in [-0.4, -0.2) is 16.0 Å². The number of fused-ring (bicyclic) bond motifs is 1. The molecule has 2 aromatic heterocycles. The molecule has 0 saturated heterocycles. The molecule has 1 aromatic carbocycles. The fraction of sp³-hybridized carbons (Fsp3) is 0.200. The molecule has 0 spiro atoms. The SMILES string of the molecule is CC(=O)NCc1cc2cc(F)c(OCc3ccon3)cc2[nH]1. The predicted octanol–water partition coefficient (Wildman–Crippen LogP) is 2.51. The van der Waals surface area contributed by atoms with Crippen LogP contribution in [-0.2, 0) is 17.9 Å². The van der Waals surface area contributed by atoms with E-state index in [0.717, 1.165) is 11.2 Å². The van der Waals surface area contributed by atoms with Gasteiger partial charge in [0.1, 0.15) is 18.6 Å². The number of hydrogen-bond acceptors (Lipinski definition) is 4. The van der Waals surface area contributed by atoms with Gasteiger partial charge in [0.15, 0.2) is 11.6 Å². The quantitative estimate of drug-likeness (QED) is 0.759. The third-order valence-electron chi connectivity index (χ3n) is 3.12. The van der Waals surface area contributed by atoms with Crippen LogP contribution in [0.2, 0.25) is 0 Å². The summed E-state index contributed by atoms with van der Waals surface area (Å²) < 4.78 is 24.1. The first kappa shape index (κ1) is 14.1. The summed E-state index contributed by atoms with van der Waals surface area (Å²) in [5, 5.41) is 7.09. The molecule has 0 bridgehead atoms. The standard InChI is InChI=1S/C15H14FN3O3/c1-9(20)17-7-12-4-10-5-13(16)15(6-14(10)18-12)21-8-11-2-3-22-19-11/h2-6,18H,7-8H2,1H3,(H,17,20). The molecule has 0 aliphatic carbocycles. The molecule has 2 heterocycles. The zero-order chi connectivity index (χ0) is 15.5. The molecule has 0 aliphatic heterocycles. The summed E-state index contributed by atoms with van der Waals surface area (Å²) >= 11 is 0. The van der Waals surface area contributed by atoms with Gasteiger partial charge in [0.25, 0.3) is 0 Å². The Labute approximate surface area is 125 Å². The number of rotatable bonds is 5. The average molecular weight is 303 g/mol. The Morgan fingerprint density at radius 2 is 2.32 bits per heavy atom. The van der Waals surface area contributed by atoms with Gasteiger partial charge in [-0.25, -0.2) is 4.39 Å². The van der Waals surface area contributed by atoms with E-state index >= 15 is 0 Å². The van der Waals surface area contributed by atoms with Crippen molar-refractivity contribution >= 4 is 16.8 Å². The summed E-state index contributed by atoms with van der Waals surface area (Å²) in [6, 6.07) is 6.41. The molecule has 0 radical (unpaired) electrons. The molecule has 3 aromatic rings. The predicted molar refractivity (Wildman–Crippen MR) is 76.6 cm³/mol. The first-order chi connectivity index (χ1) is 10.6. The minimum absolute atomic E-state index is 0.123. The Hall–Kier alpha value is -2.83. The largest absolute Gasteiger partial charge is 0.484 e. The summed E-state index contributed by atoms with van der Waals surface area (Å²) in [5.74, 6) is -0.453. The number of hydrogen-bond donors (Lipinski definition) is 2. The lowest BCUT2D eigenvalue weighted by molar-refractivity contribution is -0.119. The van der Waals surface area contributed by atoms with Crippen LogP contribution in [0.4, 0.5) is 4.39 Å². The van der Waals surface area contributed by atoms with E-state index in [0.29, 0.717) is 17.6 Å². The smallest absolute Gasteiger partial charge is 0.217 e. The summed E-state index contributed by atoms with van der Waals surface area (Å²) in [6.45, 7) is 1.93. The van der Waals surface area contributed by atoms with Crippen LogP contribution in [0.15, 0.2) is 35.1 Å². The second-order valence-electron chi connectivity index (χ2n) is 4.85. The molecule has 0 fully saturated rings. The van der Waals surface area contributed by atoms with E-state index < -0.39 is 5.82 Å². The van der Waals surface area contributed by atoms with Crippen molar-refractivity contribution in [1.29, 1.82) is 0 Å². The van der Waals surface area contributed by atoms with Gasteiger partial charge >= 0.3 is 0 Å². The van der Waals surface area contributed by atoms with E-state index in [4.69, 9.17) is 4.74 Å². The highest BCUT2D eigenvalue weighted by Crippen LogP contribution is 2.26. The number of carbonyl (C=O) groups excluding carboxylic acids is 1. The summed E-state index contributed by atoms with van der Waals surface area (Å²) in [6.07, 6.45) is 1.43. The molecular weight excluding hydrogens is 289 g/mol. The molecule has 0 aliphatic rings. The topological polar surface area (TPSA) is 80.2 Å². The average Bonchev–Trinajstić information content (AvgIpc) is 3.11. The zero-order valence-electron chi connectivity index (χ0n) is 11.9. The normalized spacial score (nSPS) is 10.8. The van der Waals surface area contributed by atoms with Crippen LogP contribution in [0, 0.1) is 5.82 Å². The molecule has 0 atom stereocenters. The fourth-order valence-electron chi connectivity index (χ4n) is 2.08. The van der Waals surface area contributed by atoms with E-state index in [1.165, 1.54) is 19.3 Å². The Kier molecular flexibility index (Phi) is 3.78. The van der Waals surface area contributed by atoms with Gasteiger partial charge in [-0.3, -0.25) is 4.79 Å². The van der Waals surface area contributed by atoms with Crippen molar-refractivity contribution in [3.63, 3.8) is 0 Å². The molecule has 6 nitrogen and oxygen atoms in total. The van der Waals surface area contributed by atoms with Gasteiger partial charge in [-0.1, -0.05) is 5.16 Å². The number of benzene rings is 1. The van der Waals surface area contributed by atoms with Gasteiger partial charge in [-0.15, -0.1) is 0 Å². The molecule has 0 saturated carbocycles. The summed E-state index contributed by atoms with van der Waals surface area (Å²) in [5.41, 5.74) is 2.10. The van der Waals surface area contributed by atoms with Crippen molar-refractivity contribution < 1.29 is 18.4 Å². The van der Waals surface area contributed by atoms with Gasteiger partial charge in [0.05, 0.1) is 6.54 Å². The van der Waals surface area contributed by atoms with E-state index in [9.17, 15) is 9.18 Å². The molecular formula is C15H14FN3O3. The van der Waals surface area contributed by atoms with Gasteiger partial charge in [0.2, 0.25) is 5.91 Å². The number of nitrogens with zero attached hydrogens (tertiary/aromatic N) is 1. The van der Waals surface area contributed by atoms with Crippen LogP contribution >= 0.6 is 0 Å². The molecule has 2 N–H and O–H groups in total. The third-order valence-corrected chi connectivity index (χ3v) is 3.12. The number of nitrogens with one attached hydrogen (secondary N) is 2. The van der Waals surface area contributed by atoms with Crippen molar-refractivity contribution in [3.8, 4) is 5.75 Å². The van der Waals surface area contributed by atoms with Crippen molar-refractivity contribution in [2.45, 2.75) is 20.1 Å². The lowest BCUT2D eigenvalue weighted by Gasteiger charge is -2.05. The Morgan fingerprint density at radius 3 is 3.05 bits per heavy atom. The molecule has 7 heteroatoms. The van der Waals surface area contributed by atoms with Crippen molar-refractivity contribution in [1.82, 2.24) is 15.5 Å². The minimum atomic E-state index is -0.457. The lowest BCUT2D eigenvalue weighted by Crippen LogP contribution is -2.18. The monoisotopic (exact) mass is 303 g/mol. The van der Waals surface area contributed by atoms with Crippen molar-refractivity contribution in [2.75, 3.05) is 0 Å². The van der Waals surface area contributed by atoms with Crippen molar-refractivity contribution in [3.05, 3.63) is 47.7 Å². The Balaban J connectivity index is 1.79. The number of carbonyl (C=O) groups is 1. The second-order valence-corrected chi connectivity index (χ2v) is 4.85. The number of halogens is 1. The van der Waals surface area contributed by atoms with Gasteiger partial charge in [-0.05, 0) is 12.1 Å². The van der Waals surface area contributed by atoms with E-state index in [-0.39, 0.29) is 18.3 Å². The third kappa shape index (κ3) is 3.08. The molecule has 1 amide bonds. The maximum Gasteiger partial charge on any atom is 0.217 e. The number of amides is 1. The first-order valence-electron chi connectivity index (χ1n) is 6.69. The molecule has 0 unspecified atom stereocenters. The van der Waals surface area contributed by atoms with E-state index in [2.05, 4.69) is 20.0 Å². The number of H-pyrrole nitrogens is 1. The van der Waals surface area contributed by atoms with Crippen LogP contribution in [0.1, 0.15) is 18.3 Å². The van der Waals surface area contributed by atoms with Crippen LogP contribution in [0.3, 0.4) is 0 Å². The van der Waals surface area contributed by atoms with Gasteiger partial charge in [0, 0.05) is 35.7 Å². The highest BCUT2D eigenvalue weighted by Gasteiger charge is 2.10. The lowest BCUT2D eigenvalue weighted by atomic mass is 10.2. The fourth-order valence-corrected chi connectivity index (χ4v) is 2.08.